The van der Waals surface area contributed by atoms with E-state index in [0.29, 0.717) is 12.5 Å². The van der Waals surface area contributed by atoms with Crippen LogP contribution < -0.4 is 11.1 Å². The maximum Gasteiger partial charge on any atom is 0.237 e. The van der Waals surface area contributed by atoms with Gasteiger partial charge in [-0.2, -0.15) is 0 Å². The van der Waals surface area contributed by atoms with Crippen molar-refractivity contribution in [3.05, 3.63) is 0 Å². The maximum absolute atomic E-state index is 11.4. The number of amides is 1. The Kier molecular flexibility index (Phi) is 4.07. The van der Waals surface area contributed by atoms with Crippen molar-refractivity contribution >= 4 is 5.91 Å². The summed E-state index contributed by atoms with van der Waals surface area (Å²) in [5, 5.41) is 3.23. The number of hydrogen-bond acceptors (Lipinski definition) is 4. The number of nitrogens with one attached hydrogen (secondary N) is 1. The molecule has 1 aliphatic rings. The molecule has 1 aliphatic carbocycles. The van der Waals surface area contributed by atoms with E-state index >= 15 is 0 Å². The molecule has 1 atom stereocenters. The van der Waals surface area contributed by atoms with Crippen molar-refractivity contribution in [2.75, 3.05) is 14.2 Å². The van der Waals surface area contributed by atoms with Gasteiger partial charge in [0.2, 0.25) is 5.91 Å². The normalized spacial score (nSPS) is 20.3. The molecule has 15 heavy (non-hydrogen) atoms. The summed E-state index contributed by atoms with van der Waals surface area (Å²) in [6, 6.07) is 0.414. The van der Waals surface area contributed by atoms with Gasteiger partial charge >= 0.3 is 0 Å². The average molecular weight is 216 g/mol. The van der Waals surface area contributed by atoms with Crippen LogP contribution in [0.1, 0.15) is 26.2 Å². The van der Waals surface area contributed by atoms with E-state index < -0.39 is 11.8 Å². The largest absolute Gasteiger partial charge is 0.368 e. The van der Waals surface area contributed by atoms with Gasteiger partial charge in [0.1, 0.15) is 0 Å². The number of carbonyl (C=O) groups is 1. The summed E-state index contributed by atoms with van der Waals surface area (Å²) in [5.74, 6) is -0.367. The summed E-state index contributed by atoms with van der Waals surface area (Å²) in [4.78, 5) is 11.4. The average Bonchev–Trinajstić information content (AvgIpc) is 2.97. The molecule has 5 nitrogen and oxygen atoms in total. The molecule has 0 heterocycles. The van der Waals surface area contributed by atoms with Gasteiger partial charge in [-0.3, -0.25) is 4.79 Å². The SMILES string of the molecule is COC(CC(C)(NC1CC1)C(N)=O)OC. The quantitative estimate of drug-likeness (QED) is 0.587. The van der Waals surface area contributed by atoms with Gasteiger partial charge < -0.3 is 20.5 Å². The van der Waals surface area contributed by atoms with Gasteiger partial charge in [0.05, 0.1) is 5.54 Å². The minimum absolute atomic E-state index is 0.367. The van der Waals surface area contributed by atoms with E-state index in [2.05, 4.69) is 5.32 Å². The van der Waals surface area contributed by atoms with Crippen LogP contribution in [0.5, 0.6) is 0 Å². The van der Waals surface area contributed by atoms with Crippen molar-refractivity contribution in [2.24, 2.45) is 5.73 Å². The summed E-state index contributed by atoms with van der Waals surface area (Å²) < 4.78 is 10.2. The van der Waals surface area contributed by atoms with E-state index in [9.17, 15) is 4.79 Å². The molecule has 0 radical (unpaired) electrons. The lowest BCUT2D eigenvalue weighted by molar-refractivity contribution is -0.138. The summed E-state index contributed by atoms with van der Waals surface area (Å²) >= 11 is 0. The van der Waals surface area contributed by atoms with E-state index in [4.69, 9.17) is 15.2 Å². The number of hydrogen-bond donors (Lipinski definition) is 2. The van der Waals surface area contributed by atoms with Crippen LogP contribution in [-0.4, -0.2) is 38.0 Å². The Balaban J connectivity index is 2.57. The first-order valence-electron chi connectivity index (χ1n) is 5.15. The van der Waals surface area contributed by atoms with Crippen molar-refractivity contribution in [1.29, 1.82) is 0 Å². The molecule has 1 saturated carbocycles. The van der Waals surface area contributed by atoms with Crippen LogP contribution in [-0.2, 0) is 14.3 Å². The predicted octanol–water partition coefficient (Wildman–Crippen LogP) is -0.00860. The molecule has 3 N–H and O–H groups in total. The third-order valence-corrected chi connectivity index (χ3v) is 2.74. The molecule has 1 unspecified atom stereocenters. The summed E-state index contributed by atoms with van der Waals surface area (Å²) in [5.41, 5.74) is 4.64. The van der Waals surface area contributed by atoms with Gasteiger partial charge in [-0.1, -0.05) is 0 Å². The predicted molar refractivity (Wildman–Crippen MR) is 56.2 cm³/mol. The van der Waals surface area contributed by atoms with Crippen LogP contribution in [0.2, 0.25) is 0 Å². The third-order valence-electron chi connectivity index (χ3n) is 2.74. The Morgan fingerprint density at radius 1 is 1.53 bits per heavy atom. The van der Waals surface area contributed by atoms with E-state index in [1.165, 1.54) is 0 Å². The zero-order chi connectivity index (χ0) is 11.5. The van der Waals surface area contributed by atoms with Crippen molar-refractivity contribution in [3.8, 4) is 0 Å². The first-order valence-corrected chi connectivity index (χ1v) is 5.15. The van der Waals surface area contributed by atoms with Crippen molar-refractivity contribution in [1.82, 2.24) is 5.32 Å². The first kappa shape index (κ1) is 12.4. The molecule has 0 aromatic rings. The molecule has 0 spiro atoms. The molecule has 1 fully saturated rings. The Hall–Kier alpha value is -0.650. The maximum atomic E-state index is 11.4. The number of ether oxygens (including phenoxy) is 2. The fraction of sp³-hybridized carbons (Fsp3) is 0.900. The highest BCUT2D eigenvalue weighted by Gasteiger charge is 2.39. The second-order valence-electron chi connectivity index (χ2n) is 4.22. The zero-order valence-corrected chi connectivity index (χ0v) is 9.58. The van der Waals surface area contributed by atoms with Gasteiger partial charge in [-0.25, -0.2) is 0 Å². The second-order valence-corrected chi connectivity index (χ2v) is 4.22. The van der Waals surface area contributed by atoms with Crippen LogP contribution in [0, 0.1) is 0 Å². The minimum Gasteiger partial charge on any atom is -0.368 e. The number of methoxy groups -OCH3 is 2. The molecule has 0 aromatic heterocycles. The lowest BCUT2D eigenvalue weighted by Crippen LogP contribution is -2.56. The lowest BCUT2D eigenvalue weighted by Gasteiger charge is -2.30. The second kappa shape index (κ2) is 4.92. The fourth-order valence-electron chi connectivity index (χ4n) is 1.51. The van der Waals surface area contributed by atoms with Crippen molar-refractivity contribution in [3.63, 3.8) is 0 Å². The molecule has 5 heteroatoms. The summed E-state index contributed by atoms with van der Waals surface area (Å²) in [7, 11) is 3.10. The summed E-state index contributed by atoms with van der Waals surface area (Å²) in [6.45, 7) is 1.79. The van der Waals surface area contributed by atoms with Gasteiger partial charge in [0.15, 0.2) is 6.29 Å². The van der Waals surface area contributed by atoms with E-state index in [1.54, 1.807) is 21.1 Å². The van der Waals surface area contributed by atoms with E-state index in [1.807, 2.05) is 0 Å². The van der Waals surface area contributed by atoms with E-state index in [0.717, 1.165) is 12.8 Å². The van der Waals surface area contributed by atoms with Gasteiger partial charge in [-0.05, 0) is 19.8 Å². The van der Waals surface area contributed by atoms with Crippen LogP contribution >= 0.6 is 0 Å². The highest BCUT2D eigenvalue weighted by atomic mass is 16.7. The zero-order valence-electron chi connectivity index (χ0n) is 9.58. The highest BCUT2D eigenvalue weighted by Crippen LogP contribution is 2.25. The molecular weight excluding hydrogens is 196 g/mol. The van der Waals surface area contributed by atoms with Crippen molar-refractivity contribution in [2.45, 2.75) is 44.1 Å². The Morgan fingerprint density at radius 2 is 2.07 bits per heavy atom. The molecule has 1 amide bonds. The van der Waals surface area contributed by atoms with Gasteiger partial charge in [0, 0.05) is 26.7 Å². The Labute approximate surface area is 90.3 Å². The minimum atomic E-state index is -0.752. The standard InChI is InChI=1S/C10H20N2O3/c1-10(9(11)13,12-7-4-5-7)6-8(14-2)15-3/h7-8,12H,4-6H2,1-3H3,(H2,11,13). The Bertz CT molecular complexity index is 227. The molecule has 1 rings (SSSR count). The van der Waals surface area contributed by atoms with Crippen LogP contribution in [0.15, 0.2) is 0 Å². The first-order chi connectivity index (χ1) is 7.01. The van der Waals surface area contributed by atoms with Gasteiger partial charge in [-0.15, -0.1) is 0 Å². The molecule has 0 saturated heterocycles. The third kappa shape index (κ3) is 3.44. The van der Waals surface area contributed by atoms with Crippen LogP contribution in [0.3, 0.4) is 0 Å². The number of nitrogens with two attached hydrogens (primary N) is 1. The lowest BCUT2D eigenvalue weighted by atomic mass is 9.96. The van der Waals surface area contributed by atoms with Crippen LogP contribution in [0.4, 0.5) is 0 Å². The molecule has 88 valence electrons. The smallest absolute Gasteiger partial charge is 0.237 e. The summed E-state index contributed by atoms with van der Waals surface area (Å²) in [6.07, 6.45) is 2.22. The number of carbonyl (C=O) groups excluding carboxylic acids is 1. The van der Waals surface area contributed by atoms with Crippen LogP contribution in [0.25, 0.3) is 0 Å². The Morgan fingerprint density at radius 3 is 2.40 bits per heavy atom. The van der Waals surface area contributed by atoms with Gasteiger partial charge in [0.25, 0.3) is 0 Å². The molecule has 0 aromatic carbocycles. The molecule has 0 bridgehead atoms. The topological polar surface area (TPSA) is 73.6 Å². The highest BCUT2D eigenvalue weighted by molar-refractivity contribution is 5.84. The monoisotopic (exact) mass is 216 g/mol. The molecule has 0 aliphatic heterocycles. The van der Waals surface area contributed by atoms with E-state index in [-0.39, 0.29) is 5.91 Å². The fourth-order valence-corrected chi connectivity index (χ4v) is 1.51. The number of rotatable bonds is 7. The number of primary amides is 1. The van der Waals surface area contributed by atoms with Crippen molar-refractivity contribution < 1.29 is 14.3 Å². The molecular formula is C10H20N2O3.